The minimum Gasteiger partial charge on any atom is -0.367 e. The molecule has 1 aromatic carbocycles. The Bertz CT molecular complexity index is 377. The number of hydrogen-bond donors (Lipinski definition) is 0. The zero-order valence-corrected chi connectivity index (χ0v) is 10.4. The van der Waals surface area contributed by atoms with E-state index in [1.54, 1.807) is 0 Å². The summed E-state index contributed by atoms with van der Waals surface area (Å²) in [5, 5.41) is 0. The molecule has 0 spiro atoms. The molecule has 1 saturated heterocycles. The van der Waals surface area contributed by atoms with Crippen LogP contribution in [0.25, 0.3) is 0 Å². The number of amides is 1. The SMILES string of the molecule is CCC(=O)N1C[C@@H](c2ccccc2)O[C@@H](C)C1. The summed E-state index contributed by atoms with van der Waals surface area (Å²) in [6.45, 7) is 5.29. The molecule has 2 rings (SSSR count). The summed E-state index contributed by atoms with van der Waals surface area (Å²) in [6, 6.07) is 10.1. The van der Waals surface area contributed by atoms with Crippen molar-refractivity contribution in [3.05, 3.63) is 35.9 Å². The summed E-state index contributed by atoms with van der Waals surface area (Å²) in [7, 11) is 0. The van der Waals surface area contributed by atoms with Crippen LogP contribution in [0.2, 0.25) is 0 Å². The molecule has 1 fully saturated rings. The predicted octanol–water partition coefficient (Wildman–Crippen LogP) is 2.39. The van der Waals surface area contributed by atoms with Crippen LogP contribution in [0.4, 0.5) is 0 Å². The van der Waals surface area contributed by atoms with Crippen LogP contribution in [0.15, 0.2) is 30.3 Å². The number of benzene rings is 1. The summed E-state index contributed by atoms with van der Waals surface area (Å²) >= 11 is 0. The van der Waals surface area contributed by atoms with Crippen molar-refractivity contribution >= 4 is 5.91 Å². The Labute approximate surface area is 102 Å². The van der Waals surface area contributed by atoms with Crippen LogP contribution in [0.1, 0.15) is 31.9 Å². The first-order chi connectivity index (χ1) is 8.20. The van der Waals surface area contributed by atoms with E-state index >= 15 is 0 Å². The molecule has 92 valence electrons. The maximum atomic E-state index is 11.8. The molecule has 2 atom stereocenters. The second-order valence-electron chi connectivity index (χ2n) is 4.50. The van der Waals surface area contributed by atoms with Gasteiger partial charge in [-0.25, -0.2) is 0 Å². The molecular weight excluding hydrogens is 214 g/mol. The van der Waals surface area contributed by atoms with Crippen LogP contribution < -0.4 is 0 Å². The normalized spacial score (nSPS) is 24.7. The number of hydrogen-bond acceptors (Lipinski definition) is 2. The van der Waals surface area contributed by atoms with Crippen LogP contribution in [-0.2, 0) is 9.53 Å². The van der Waals surface area contributed by atoms with Crippen molar-refractivity contribution in [1.82, 2.24) is 4.90 Å². The highest BCUT2D eigenvalue weighted by molar-refractivity contribution is 5.76. The number of morpholine rings is 1. The Morgan fingerprint density at radius 2 is 2.06 bits per heavy atom. The zero-order chi connectivity index (χ0) is 12.3. The van der Waals surface area contributed by atoms with E-state index in [1.807, 2.05) is 36.9 Å². The maximum absolute atomic E-state index is 11.8. The lowest BCUT2D eigenvalue weighted by atomic mass is 10.1. The highest BCUT2D eigenvalue weighted by atomic mass is 16.5. The molecular formula is C14H19NO2. The minimum absolute atomic E-state index is 0.00968. The lowest BCUT2D eigenvalue weighted by Gasteiger charge is -2.37. The van der Waals surface area contributed by atoms with Crippen molar-refractivity contribution in [3.63, 3.8) is 0 Å². The number of nitrogens with zero attached hydrogens (tertiary/aromatic N) is 1. The van der Waals surface area contributed by atoms with Crippen molar-refractivity contribution < 1.29 is 9.53 Å². The summed E-state index contributed by atoms with van der Waals surface area (Å²) in [5.41, 5.74) is 1.15. The summed E-state index contributed by atoms with van der Waals surface area (Å²) in [6.07, 6.45) is 0.675. The van der Waals surface area contributed by atoms with Gasteiger partial charge in [0, 0.05) is 13.0 Å². The van der Waals surface area contributed by atoms with E-state index in [2.05, 4.69) is 12.1 Å². The second-order valence-corrected chi connectivity index (χ2v) is 4.50. The van der Waals surface area contributed by atoms with E-state index in [9.17, 15) is 4.79 Å². The molecule has 1 aromatic rings. The molecule has 1 aliphatic rings. The standard InChI is InChI=1S/C14H19NO2/c1-3-14(16)15-9-11(2)17-13(10-15)12-7-5-4-6-8-12/h4-8,11,13H,3,9-10H2,1-2H3/t11-,13-/m0/s1. The molecule has 0 radical (unpaired) electrons. The van der Waals surface area contributed by atoms with E-state index in [0.29, 0.717) is 19.5 Å². The predicted molar refractivity (Wildman–Crippen MR) is 66.6 cm³/mol. The van der Waals surface area contributed by atoms with E-state index in [0.717, 1.165) is 5.56 Å². The summed E-state index contributed by atoms with van der Waals surface area (Å²) in [5.74, 6) is 0.209. The molecule has 0 saturated carbocycles. The lowest BCUT2D eigenvalue weighted by Crippen LogP contribution is -2.45. The molecule has 0 aliphatic carbocycles. The Hall–Kier alpha value is -1.35. The first-order valence-electron chi connectivity index (χ1n) is 6.19. The van der Waals surface area contributed by atoms with Gasteiger partial charge < -0.3 is 9.64 Å². The Morgan fingerprint density at radius 3 is 2.71 bits per heavy atom. The van der Waals surface area contributed by atoms with E-state index in [-0.39, 0.29) is 18.1 Å². The van der Waals surface area contributed by atoms with Crippen molar-refractivity contribution in [2.24, 2.45) is 0 Å². The maximum Gasteiger partial charge on any atom is 0.222 e. The van der Waals surface area contributed by atoms with Crippen molar-refractivity contribution in [3.8, 4) is 0 Å². The van der Waals surface area contributed by atoms with E-state index < -0.39 is 0 Å². The molecule has 0 N–H and O–H groups in total. The largest absolute Gasteiger partial charge is 0.367 e. The Morgan fingerprint density at radius 1 is 1.35 bits per heavy atom. The van der Waals surface area contributed by atoms with Gasteiger partial charge in [0.2, 0.25) is 5.91 Å². The Balaban J connectivity index is 2.11. The molecule has 1 aliphatic heterocycles. The van der Waals surface area contributed by atoms with Gasteiger partial charge in [0.15, 0.2) is 0 Å². The number of carbonyl (C=O) groups excluding carboxylic acids is 1. The molecule has 0 unspecified atom stereocenters. The van der Waals surface area contributed by atoms with Crippen LogP contribution in [0.5, 0.6) is 0 Å². The third kappa shape index (κ3) is 2.86. The van der Waals surface area contributed by atoms with Gasteiger partial charge in [-0.2, -0.15) is 0 Å². The highest BCUT2D eigenvalue weighted by Gasteiger charge is 2.28. The quantitative estimate of drug-likeness (QED) is 0.785. The zero-order valence-electron chi connectivity index (χ0n) is 10.4. The van der Waals surface area contributed by atoms with Crippen LogP contribution in [0.3, 0.4) is 0 Å². The molecule has 17 heavy (non-hydrogen) atoms. The van der Waals surface area contributed by atoms with Gasteiger partial charge in [-0.3, -0.25) is 4.79 Å². The summed E-state index contributed by atoms with van der Waals surface area (Å²) in [4.78, 5) is 13.7. The highest BCUT2D eigenvalue weighted by Crippen LogP contribution is 2.25. The van der Waals surface area contributed by atoms with Crippen molar-refractivity contribution in [2.45, 2.75) is 32.5 Å². The van der Waals surface area contributed by atoms with Gasteiger partial charge in [0.05, 0.1) is 12.6 Å². The minimum atomic E-state index is 0.00968. The van der Waals surface area contributed by atoms with Gasteiger partial charge in [0.1, 0.15) is 6.10 Å². The van der Waals surface area contributed by atoms with Gasteiger partial charge in [0.25, 0.3) is 0 Å². The van der Waals surface area contributed by atoms with Gasteiger partial charge >= 0.3 is 0 Å². The Kier molecular flexibility index (Phi) is 3.79. The van der Waals surface area contributed by atoms with Gasteiger partial charge in [-0.05, 0) is 12.5 Å². The van der Waals surface area contributed by atoms with E-state index in [4.69, 9.17) is 4.74 Å². The van der Waals surface area contributed by atoms with Crippen molar-refractivity contribution in [1.29, 1.82) is 0 Å². The number of ether oxygens (including phenoxy) is 1. The molecule has 3 nitrogen and oxygen atoms in total. The molecule has 1 amide bonds. The lowest BCUT2D eigenvalue weighted by molar-refractivity contribution is -0.144. The fourth-order valence-corrected chi connectivity index (χ4v) is 2.23. The second kappa shape index (κ2) is 5.32. The molecule has 1 heterocycles. The summed E-state index contributed by atoms with van der Waals surface area (Å²) < 4.78 is 5.90. The third-order valence-electron chi connectivity index (χ3n) is 3.09. The van der Waals surface area contributed by atoms with Crippen LogP contribution in [0, 0.1) is 0 Å². The smallest absolute Gasteiger partial charge is 0.222 e. The first kappa shape index (κ1) is 12.1. The van der Waals surface area contributed by atoms with Gasteiger partial charge in [-0.1, -0.05) is 37.3 Å². The van der Waals surface area contributed by atoms with Crippen LogP contribution in [-0.4, -0.2) is 30.0 Å². The van der Waals surface area contributed by atoms with E-state index in [1.165, 1.54) is 0 Å². The fraction of sp³-hybridized carbons (Fsp3) is 0.500. The number of rotatable bonds is 2. The first-order valence-corrected chi connectivity index (χ1v) is 6.19. The third-order valence-corrected chi connectivity index (χ3v) is 3.09. The monoisotopic (exact) mass is 233 g/mol. The van der Waals surface area contributed by atoms with Gasteiger partial charge in [-0.15, -0.1) is 0 Å². The average molecular weight is 233 g/mol. The fourth-order valence-electron chi connectivity index (χ4n) is 2.23. The topological polar surface area (TPSA) is 29.5 Å². The van der Waals surface area contributed by atoms with Crippen molar-refractivity contribution in [2.75, 3.05) is 13.1 Å². The number of carbonyl (C=O) groups is 1. The molecule has 0 aromatic heterocycles. The van der Waals surface area contributed by atoms with Crippen LogP contribution >= 0.6 is 0 Å². The molecule has 3 heteroatoms. The average Bonchev–Trinajstić information content (AvgIpc) is 2.38. The molecule has 0 bridgehead atoms.